The first-order chi connectivity index (χ1) is 21.7. The molecule has 226 valence electrons. The van der Waals surface area contributed by atoms with E-state index in [4.69, 9.17) is 11.6 Å². The van der Waals surface area contributed by atoms with E-state index < -0.39 is 17.1 Å². The van der Waals surface area contributed by atoms with Crippen LogP contribution in [0.2, 0.25) is 5.02 Å². The smallest absolute Gasteiger partial charge is 0.272 e. The van der Waals surface area contributed by atoms with E-state index in [-0.39, 0.29) is 17.4 Å². The Morgan fingerprint density at radius 3 is 2.40 bits per heavy atom. The van der Waals surface area contributed by atoms with Gasteiger partial charge in [0.05, 0.1) is 10.9 Å². The molecule has 3 amide bonds. The van der Waals surface area contributed by atoms with Gasteiger partial charge in [-0.2, -0.15) is 0 Å². The van der Waals surface area contributed by atoms with Gasteiger partial charge < -0.3 is 16.0 Å². The molecule has 7 nitrogen and oxygen atoms in total. The number of carbonyl (C=O) groups excluding carboxylic acids is 3. The van der Waals surface area contributed by atoms with Crippen molar-refractivity contribution >= 4 is 69.3 Å². The Morgan fingerprint density at radius 2 is 1.64 bits per heavy atom. The summed E-state index contributed by atoms with van der Waals surface area (Å²) < 4.78 is 13.2. The van der Waals surface area contributed by atoms with Crippen LogP contribution in [-0.4, -0.2) is 28.0 Å². The van der Waals surface area contributed by atoms with Crippen molar-refractivity contribution in [2.24, 2.45) is 0 Å². The van der Waals surface area contributed by atoms with Crippen molar-refractivity contribution in [2.45, 2.75) is 17.1 Å². The molecule has 1 heterocycles. The van der Waals surface area contributed by atoms with E-state index in [0.717, 1.165) is 10.5 Å². The number of halogens is 2. The number of carbonyl (C=O) groups is 3. The van der Waals surface area contributed by atoms with Crippen LogP contribution in [0.25, 0.3) is 17.3 Å². The molecule has 0 spiro atoms. The van der Waals surface area contributed by atoms with Crippen LogP contribution in [-0.2, 0) is 9.59 Å². The molecule has 5 aromatic rings. The van der Waals surface area contributed by atoms with E-state index in [9.17, 15) is 18.8 Å². The number of anilines is 2. The van der Waals surface area contributed by atoms with Crippen LogP contribution < -0.4 is 16.0 Å². The Labute approximate surface area is 272 Å². The average molecular weight is 657 g/mol. The molecule has 0 aliphatic rings. The number of amides is 3. The zero-order valence-electron chi connectivity index (χ0n) is 23.8. The lowest BCUT2D eigenvalue weighted by Gasteiger charge is -2.14. The van der Waals surface area contributed by atoms with Crippen LogP contribution in [0.5, 0.6) is 0 Å². The first-order valence-corrected chi connectivity index (χ1v) is 15.8. The predicted octanol–water partition coefficient (Wildman–Crippen LogP) is 8.13. The zero-order valence-corrected chi connectivity index (χ0v) is 26.2. The van der Waals surface area contributed by atoms with E-state index in [1.165, 1.54) is 41.3 Å². The fraction of sp³-hybridized carbons (Fsp3) is 0.0588. The minimum Gasteiger partial charge on any atom is -0.321 e. The van der Waals surface area contributed by atoms with E-state index in [2.05, 4.69) is 20.9 Å². The van der Waals surface area contributed by atoms with Crippen molar-refractivity contribution in [1.29, 1.82) is 0 Å². The summed E-state index contributed by atoms with van der Waals surface area (Å²) in [7, 11) is 0. The predicted molar refractivity (Wildman–Crippen MR) is 180 cm³/mol. The lowest BCUT2D eigenvalue weighted by Crippen LogP contribution is -2.30. The maximum atomic E-state index is 13.4. The first kappa shape index (κ1) is 31.6. The van der Waals surface area contributed by atoms with Gasteiger partial charge in [0.2, 0.25) is 5.91 Å². The van der Waals surface area contributed by atoms with Gasteiger partial charge in [-0.1, -0.05) is 54.1 Å². The van der Waals surface area contributed by atoms with E-state index in [0.29, 0.717) is 32.7 Å². The summed E-state index contributed by atoms with van der Waals surface area (Å²) in [6.45, 7) is 1.77. The maximum Gasteiger partial charge on any atom is 0.272 e. The quantitative estimate of drug-likeness (QED) is 0.104. The largest absolute Gasteiger partial charge is 0.321 e. The summed E-state index contributed by atoms with van der Waals surface area (Å²) in [4.78, 5) is 44.5. The molecule has 1 unspecified atom stereocenters. The molecule has 0 aliphatic heterocycles. The summed E-state index contributed by atoms with van der Waals surface area (Å²) in [6, 6.07) is 28.6. The van der Waals surface area contributed by atoms with Crippen LogP contribution in [0.1, 0.15) is 22.8 Å². The van der Waals surface area contributed by atoms with E-state index >= 15 is 0 Å². The second-order valence-electron chi connectivity index (χ2n) is 9.68. The number of nitrogens with zero attached hydrogens (tertiary/aromatic N) is 1. The highest BCUT2D eigenvalue weighted by Gasteiger charge is 2.19. The number of thiazole rings is 1. The van der Waals surface area contributed by atoms with Gasteiger partial charge in [-0.05, 0) is 79.2 Å². The van der Waals surface area contributed by atoms with Gasteiger partial charge in [0.1, 0.15) is 11.5 Å². The molecule has 4 aromatic carbocycles. The summed E-state index contributed by atoms with van der Waals surface area (Å²) in [5.41, 5.74) is 2.82. The molecule has 5 rings (SSSR count). The minimum atomic E-state index is -0.548. The van der Waals surface area contributed by atoms with Crippen LogP contribution in [0.4, 0.5) is 15.2 Å². The average Bonchev–Trinajstić information content (AvgIpc) is 3.51. The highest BCUT2D eigenvalue weighted by Crippen LogP contribution is 2.29. The lowest BCUT2D eigenvalue weighted by molar-refractivity contribution is -0.115. The monoisotopic (exact) mass is 656 g/mol. The number of thioether (sulfide) groups is 1. The van der Waals surface area contributed by atoms with Crippen molar-refractivity contribution in [3.8, 4) is 11.3 Å². The summed E-state index contributed by atoms with van der Waals surface area (Å²) in [6.07, 6.45) is 1.52. The zero-order chi connectivity index (χ0) is 31.8. The number of aromatic nitrogens is 1. The molecule has 45 heavy (non-hydrogen) atoms. The van der Waals surface area contributed by atoms with Crippen molar-refractivity contribution < 1.29 is 18.8 Å². The number of benzene rings is 4. The van der Waals surface area contributed by atoms with Crippen molar-refractivity contribution in [2.75, 3.05) is 10.6 Å². The van der Waals surface area contributed by atoms with Gasteiger partial charge in [0, 0.05) is 32.1 Å². The van der Waals surface area contributed by atoms with Crippen molar-refractivity contribution in [3.63, 3.8) is 0 Å². The Bertz CT molecular complexity index is 1860. The van der Waals surface area contributed by atoms with Gasteiger partial charge in [0.15, 0.2) is 5.13 Å². The maximum absolute atomic E-state index is 13.4. The molecule has 0 aliphatic carbocycles. The molecular weight excluding hydrogens is 631 g/mol. The molecule has 0 bridgehead atoms. The van der Waals surface area contributed by atoms with Crippen LogP contribution in [0.15, 0.2) is 119 Å². The molecule has 1 aromatic heterocycles. The first-order valence-electron chi connectivity index (χ1n) is 13.7. The highest BCUT2D eigenvalue weighted by atomic mass is 35.5. The molecule has 11 heteroatoms. The van der Waals surface area contributed by atoms with Gasteiger partial charge >= 0.3 is 0 Å². The highest BCUT2D eigenvalue weighted by molar-refractivity contribution is 8.00. The topological polar surface area (TPSA) is 100 Å². The minimum absolute atomic E-state index is 0.00575. The van der Waals surface area contributed by atoms with Crippen LogP contribution in [0.3, 0.4) is 0 Å². The van der Waals surface area contributed by atoms with Gasteiger partial charge in [0.25, 0.3) is 11.8 Å². The Balaban J connectivity index is 1.25. The molecule has 0 fully saturated rings. The third-order valence-corrected chi connectivity index (χ3v) is 8.58. The fourth-order valence-corrected chi connectivity index (χ4v) is 5.92. The number of rotatable bonds is 10. The summed E-state index contributed by atoms with van der Waals surface area (Å²) in [5, 5.41) is 10.5. The standard InChI is InChI=1S/C34H26ClFN4O3S2/c1-21(31(41)40-34-39-30(20-44-34)22-14-16-25(36)17-15-22)45-27-12-7-11-26(19-27)37-33(43)29(18-24-10-5-6-13-28(24)35)38-32(42)23-8-3-2-4-9-23/h2-21H,1H3,(H,37,43)(H,38,42)(H,39,40,41)/b29-18+. The summed E-state index contributed by atoms with van der Waals surface area (Å²) in [5.74, 6) is -1.57. The molecule has 0 radical (unpaired) electrons. The van der Waals surface area contributed by atoms with Gasteiger partial charge in [-0.15, -0.1) is 23.1 Å². The Hall–Kier alpha value is -4.77. The van der Waals surface area contributed by atoms with Gasteiger partial charge in [-0.25, -0.2) is 9.37 Å². The van der Waals surface area contributed by atoms with Gasteiger partial charge in [-0.3, -0.25) is 14.4 Å². The number of hydrogen-bond donors (Lipinski definition) is 3. The number of hydrogen-bond acceptors (Lipinski definition) is 6. The summed E-state index contributed by atoms with van der Waals surface area (Å²) >= 11 is 8.91. The molecule has 0 saturated heterocycles. The van der Waals surface area contributed by atoms with Crippen molar-refractivity contribution in [1.82, 2.24) is 10.3 Å². The second kappa shape index (κ2) is 14.8. The molecule has 1 atom stereocenters. The third-order valence-electron chi connectivity index (χ3n) is 6.38. The van der Waals surface area contributed by atoms with E-state index in [1.54, 1.807) is 97.2 Å². The normalized spacial score (nSPS) is 11.8. The third kappa shape index (κ3) is 8.66. The SMILES string of the molecule is CC(Sc1cccc(NC(=O)/C(=C\c2ccccc2Cl)NC(=O)c2ccccc2)c1)C(=O)Nc1nc(-c2ccc(F)cc2)cs1. The lowest BCUT2D eigenvalue weighted by atomic mass is 10.1. The van der Waals surface area contributed by atoms with Crippen molar-refractivity contribution in [3.05, 3.63) is 136 Å². The molecular formula is C34H26ClFN4O3S2. The number of nitrogens with one attached hydrogen (secondary N) is 3. The fourth-order valence-electron chi connectivity index (χ4n) is 4.08. The van der Waals surface area contributed by atoms with E-state index in [1.807, 2.05) is 6.07 Å². The molecule has 0 saturated carbocycles. The Morgan fingerprint density at radius 1 is 0.911 bits per heavy atom. The second-order valence-corrected chi connectivity index (χ2v) is 12.4. The molecule has 3 N–H and O–H groups in total. The van der Waals surface area contributed by atoms with Crippen LogP contribution >= 0.6 is 34.7 Å². The van der Waals surface area contributed by atoms with Crippen LogP contribution in [0, 0.1) is 5.82 Å². The Kier molecular flexibility index (Phi) is 10.4.